The lowest BCUT2D eigenvalue weighted by Crippen LogP contribution is -2.42. The predicted molar refractivity (Wildman–Crippen MR) is 109 cm³/mol. The Morgan fingerprint density at radius 2 is 1.69 bits per heavy atom. The summed E-state index contributed by atoms with van der Waals surface area (Å²) >= 11 is 1.38. The maximum Gasteiger partial charge on any atom is 0.269 e. The average Bonchev–Trinajstić information content (AvgIpc) is 2.72. The van der Waals surface area contributed by atoms with Gasteiger partial charge in [-0.1, -0.05) is 0 Å². The quantitative estimate of drug-likeness (QED) is 0.498. The van der Waals surface area contributed by atoms with E-state index in [0.29, 0.717) is 17.3 Å². The number of carbonyl (C=O) groups is 2. The molecule has 2 N–H and O–H groups in total. The topological polar surface area (TPSA) is 120 Å². The second kappa shape index (κ2) is 10.3. The van der Waals surface area contributed by atoms with E-state index in [1.54, 1.807) is 14.2 Å². The zero-order valence-corrected chi connectivity index (χ0v) is 17.0. The Balaban J connectivity index is 1.81. The number of carbonyl (C=O) groups excluding carboxylic acids is 2. The Bertz CT molecular complexity index is 902. The van der Waals surface area contributed by atoms with Crippen LogP contribution in [-0.2, 0) is 10.5 Å². The smallest absolute Gasteiger partial charge is 0.269 e. The zero-order chi connectivity index (χ0) is 21.4. The van der Waals surface area contributed by atoms with Crippen LogP contribution in [0.5, 0.6) is 11.5 Å². The summed E-state index contributed by atoms with van der Waals surface area (Å²) in [6.45, 7) is 1.95. The maximum atomic E-state index is 12.0. The summed E-state index contributed by atoms with van der Waals surface area (Å²) in [7, 11) is 3.13. The van der Waals surface area contributed by atoms with Gasteiger partial charge in [0.1, 0.15) is 0 Å². The van der Waals surface area contributed by atoms with Crippen LogP contribution in [0.15, 0.2) is 36.4 Å². The van der Waals surface area contributed by atoms with Crippen LogP contribution in [0.2, 0.25) is 0 Å². The molecular formula is C19H21N3O6S. The highest BCUT2D eigenvalue weighted by molar-refractivity contribution is 7.99. The minimum absolute atomic E-state index is 0.118. The van der Waals surface area contributed by atoms with Gasteiger partial charge in [0, 0.05) is 23.4 Å². The van der Waals surface area contributed by atoms with Crippen LogP contribution >= 0.6 is 11.8 Å². The number of nitro groups is 1. The number of hydrogen-bond acceptors (Lipinski definition) is 7. The third-order valence-corrected chi connectivity index (χ3v) is 4.97. The first kappa shape index (κ1) is 22.0. The van der Waals surface area contributed by atoms with Crippen molar-refractivity contribution in [3.8, 4) is 11.5 Å². The first-order valence-corrected chi connectivity index (χ1v) is 9.64. The normalized spacial score (nSPS) is 10.2. The summed E-state index contributed by atoms with van der Waals surface area (Å²) in [5, 5.41) is 10.6. The second-order valence-corrected chi connectivity index (χ2v) is 6.92. The number of ether oxygens (including phenoxy) is 2. The fourth-order valence-electron chi connectivity index (χ4n) is 2.40. The van der Waals surface area contributed by atoms with Crippen molar-refractivity contribution in [3.63, 3.8) is 0 Å². The number of thioether (sulfide) groups is 1. The van der Waals surface area contributed by atoms with E-state index in [1.165, 1.54) is 36.0 Å². The fraction of sp³-hybridized carbons (Fsp3) is 0.263. The molecule has 2 amide bonds. The summed E-state index contributed by atoms with van der Waals surface area (Å²) in [5.74, 6) is 1.04. The molecule has 0 heterocycles. The number of non-ortho nitro benzene ring substituents is 1. The van der Waals surface area contributed by atoms with E-state index in [0.717, 1.165) is 11.1 Å². The van der Waals surface area contributed by atoms with Crippen molar-refractivity contribution in [2.45, 2.75) is 12.7 Å². The lowest BCUT2D eigenvalue weighted by atomic mass is 10.1. The van der Waals surface area contributed by atoms with E-state index >= 15 is 0 Å². The van der Waals surface area contributed by atoms with Crippen LogP contribution in [0, 0.1) is 17.0 Å². The number of nitrogens with zero attached hydrogens (tertiary/aromatic N) is 1. The van der Waals surface area contributed by atoms with E-state index in [4.69, 9.17) is 9.47 Å². The molecule has 154 valence electrons. The number of hydrazine groups is 1. The molecular weight excluding hydrogens is 398 g/mol. The molecule has 2 aromatic rings. The zero-order valence-electron chi connectivity index (χ0n) is 16.2. The largest absolute Gasteiger partial charge is 0.493 e. The number of benzene rings is 2. The molecule has 29 heavy (non-hydrogen) atoms. The molecule has 0 aliphatic carbocycles. The molecule has 2 rings (SSSR count). The Hall–Kier alpha value is -3.27. The molecule has 2 aromatic carbocycles. The van der Waals surface area contributed by atoms with Gasteiger partial charge in [-0.2, -0.15) is 0 Å². The first-order chi connectivity index (χ1) is 13.8. The van der Waals surface area contributed by atoms with Crippen molar-refractivity contribution in [1.82, 2.24) is 10.9 Å². The van der Waals surface area contributed by atoms with Gasteiger partial charge in [-0.25, -0.2) is 0 Å². The predicted octanol–water partition coefficient (Wildman–Crippen LogP) is 2.61. The van der Waals surface area contributed by atoms with Crippen molar-refractivity contribution < 1.29 is 24.0 Å². The highest BCUT2D eigenvalue weighted by atomic mass is 32.2. The van der Waals surface area contributed by atoms with E-state index in [-0.39, 0.29) is 22.9 Å². The SMILES string of the molecule is COc1cc(C)c(CSCC(=O)NNC(=O)c2ccc([N+](=O)[O-])cc2)cc1OC. The minimum atomic E-state index is -0.561. The Morgan fingerprint density at radius 3 is 2.28 bits per heavy atom. The van der Waals surface area contributed by atoms with Crippen LogP contribution in [0.4, 0.5) is 5.69 Å². The van der Waals surface area contributed by atoms with Gasteiger partial charge in [0.15, 0.2) is 11.5 Å². The maximum absolute atomic E-state index is 12.0. The van der Waals surface area contributed by atoms with Crippen LogP contribution in [0.1, 0.15) is 21.5 Å². The molecule has 0 radical (unpaired) electrons. The van der Waals surface area contributed by atoms with Gasteiger partial charge >= 0.3 is 0 Å². The first-order valence-electron chi connectivity index (χ1n) is 8.48. The third-order valence-electron chi connectivity index (χ3n) is 3.99. The van der Waals surface area contributed by atoms with Crippen molar-refractivity contribution in [2.75, 3.05) is 20.0 Å². The molecule has 0 bridgehead atoms. The van der Waals surface area contributed by atoms with Crippen molar-refractivity contribution >= 4 is 29.3 Å². The van der Waals surface area contributed by atoms with Crippen molar-refractivity contribution in [3.05, 3.63) is 63.2 Å². The molecule has 0 fully saturated rings. The van der Waals surface area contributed by atoms with E-state index < -0.39 is 10.8 Å². The number of amides is 2. The fourth-order valence-corrected chi connectivity index (χ4v) is 3.29. The summed E-state index contributed by atoms with van der Waals surface area (Å²) in [4.78, 5) is 34.0. The molecule has 0 unspecified atom stereocenters. The van der Waals surface area contributed by atoms with Crippen LogP contribution in [0.3, 0.4) is 0 Å². The summed E-state index contributed by atoms with van der Waals surface area (Å²) in [6, 6.07) is 8.81. The molecule has 10 heteroatoms. The van der Waals surface area contributed by atoms with Crippen molar-refractivity contribution in [1.29, 1.82) is 0 Å². The van der Waals surface area contributed by atoms with Gasteiger partial charge in [0.05, 0.1) is 24.9 Å². The lowest BCUT2D eigenvalue weighted by molar-refractivity contribution is -0.384. The Kier molecular flexibility index (Phi) is 7.84. The molecule has 0 saturated heterocycles. The molecule has 0 aromatic heterocycles. The summed E-state index contributed by atoms with van der Waals surface area (Å²) in [5.41, 5.74) is 6.71. The highest BCUT2D eigenvalue weighted by Gasteiger charge is 2.12. The molecule has 0 atom stereocenters. The Labute approximate surface area is 171 Å². The van der Waals surface area contributed by atoms with Crippen LogP contribution in [0.25, 0.3) is 0 Å². The summed E-state index contributed by atoms with van der Waals surface area (Å²) < 4.78 is 10.5. The van der Waals surface area contributed by atoms with Crippen LogP contribution in [-0.4, -0.2) is 36.7 Å². The second-order valence-electron chi connectivity index (χ2n) is 5.93. The van der Waals surface area contributed by atoms with Gasteiger partial charge in [0.2, 0.25) is 5.91 Å². The molecule has 0 aliphatic heterocycles. The highest BCUT2D eigenvalue weighted by Crippen LogP contribution is 2.31. The monoisotopic (exact) mass is 419 g/mol. The average molecular weight is 419 g/mol. The number of nitrogens with one attached hydrogen (secondary N) is 2. The van der Waals surface area contributed by atoms with Gasteiger partial charge in [-0.3, -0.25) is 30.6 Å². The number of methoxy groups -OCH3 is 2. The molecule has 9 nitrogen and oxygen atoms in total. The lowest BCUT2D eigenvalue weighted by Gasteiger charge is -2.12. The minimum Gasteiger partial charge on any atom is -0.493 e. The van der Waals surface area contributed by atoms with Gasteiger partial charge in [-0.15, -0.1) is 11.8 Å². The van der Waals surface area contributed by atoms with Gasteiger partial charge in [-0.05, 0) is 42.3 Å². The van der Waals surface area contributed by atoms with Crippen LogP contribution < -0.4 is 20.3 Å². The van der Waals surface area contributed by atoms with E-state index in [1.807, 2.05) is 19.1 Å². The number of rotatable bonds is 8. The molecule has 0 spiro atoms. The Morgan fingerprint density at radius 1 is 1.07 bits per heavy atom. The third kappa shape index (κ3) is 6.11. The van der Waals surface area contributed by atoms with Crippen molar-refractivity contribution in [2.24, 2.45) is 0 Å². The molecule has 0 aliphatic rings. The molecule has 0 saturated carbocycles. The van der Waals surface area contributed by atoms with E-state index in [2.05, 4.69) is 10.9 Å². The van der Waals surface area contributed by atoms with E-state index in [9.17, 15) is 19.7 Å². The number of nitro benzene ring substituents is 1. The summed E-state index contributed by atoms with van der Waals surface area (Å²) in [6.07, 6.45) is 0. The number of aryl methyl sites for hydroxylation is 1. The standard InChI is InChI=1S/C19H21N3O6S/c1-12-8-16(27-2)17(28-3)9-14(12)10-29-11-18(23)20-21-19(24)13-4-6-15(7-5-13)22(25)26/h4-9H,10-11H2,1-3H3,(H,20,23)(H,21,24). The van der Waals surface area contributed by atoms with Gasteiger partial charge < -0.3 is 9.47 Å². The van der Waals surface area contributed by atoms with Gasteiger partial charge in [0.25, 0.3) is 11.6 Å². The number of hydrogen-bond donors (Lipinski definition) is 2.